The second kappa shape index (κ2) is 5.88. The molecule has 0 heterocycles. The third-order valence-electron chi connectivity index (χ3n) is 3.84. The Balaban J connectivity index is 1.78. The molecule has 2 aromatic carbocycles. The molecule has 0 saturated heterocycles. The smallest absolute Gasteiger partial charge is 0.143 e. The molecule has 0 atom stereocenters. The molecule has 0 radical (unpaired) electrons. The van der Waals surface area contributed by atoms with E-state index >= 15 is 0 Å². The standard InChI is InChI=1S/C18H18N2O/c1-21-17-7-3-6-16(11-19)18(17)20-12-13-4-2-5-15(10-13)14-8-9-14/h2-7,10,14,20H,8-9,12H2,1H3. The van der Waals surface area contributed by atoms with Gasteiger partial charge in [-0.2, -0.15) is 5.26 Å². The van der Waals surface area contributed by atoms with E-state index in [4.69, 9.17) is 4.74 Å². The summed E-state index contributed by atoms with van der Waals surface area (Å²) < 4.78 is 5.33. The summed E-state index contributed by atoms with van der Waals surface area (Å²) in [4.78, 5) is 0. The zero-order valence-corrected chi connectivity index (χ0v) is 12.1. The first-order valence-corrected chi connectivity index (χ1v) is 7.21. The molecule has 3 nitrogen and oxygen atoms in total. The number of nitrogens with zero attached hydrogens (tertiary/aromatic N) is 1. The van der Waals surface area contributed by atoms with Crippen LogP contribution in [0, 0.1) is 11.3 Å². The Bertz CT molecular complexity index is 684. The molecular formula is C18H18N2O. The average Bonchev–Trinajstić information content (AvgIpc) is 3.37. The topological polar surface area (TPSA) is 45.0 Å². The summed E-state index contributed by atoms with van der Waals surface area (Å²) in [6, 6.07) is 16.4. The van der Waals surface area contributed by atoms with Crippen molar-refractivity contribution in [3.05, 3.63) is 59.2 Å². The van der Waals surface area contributed by atoms with Crippen LogP contribution < -0.4 is 10.1 Å². The van der Waals surface area contributed by atoms with Crippen LogP contribution in [0.1, 0.15) is 35.4 Å². The zero-order chi connectivity index (χ0) is 14.7. The normalized spacial score (nSPS) is 13.5. The number of anilines is 1. The number of benzene rings is 2. The summed E-state index contributed by atoms with van der Waals surface area (Å²) in [6.07, 6.45) is 2.62. The van der Waals surface area contributed by atoms with Crippen molar-refractivity contribution in [3.63, 3.8) is 0 Å². The predicted molar refractivity (Wildman–Crippen MR) is 83.5 cm³/mol. The first-order valence-electron chi connectivity index (χ1n) is 7.21. The van der Waals surface area contributed by atoms with Crippen molar-refractivity contribution in [2.45, 2.75) is 25.3 Å². The van der Waals surface area contributed by atoms with Crippen LogP contribution in [0.15, 0.2) is 42.5 Å². The molecule has 3 heteroatoms. The fourth-order valence-corrected chi connectivity index (χ4v) is 2.54. The van der Waals surface area contributed by atoms with Gasteiger partial charge in [0.25, 0.3) is 0 Å². The van der Waals surface area contributed by atoms with Crippen molar-refractivity contribution < 1.29 is 4.74 Å². The lowest BCUT2D eigenvalue weighted by atomic mass is 10.1. The first-order chi connectivity index (χ1) is 10.3. The largest absolute Gasteiger partial charge is 0.495 e. The molecule has 1 aliphatic rings. The number of methoxy groups -OCH3 is 1. The highest BCUT2D eigenvalue weighted by Crippen LogP contribution is 2.40. The van der Waals surface area contributed by atoms with Crippen molar-refractivity contribution in [3.8, 4) is 11.8 Å². The van der Waals surface area contributed by atoms with Gasteiger partial charge in [-0.1, -0.05) is 30.3 Å². The number of nitriles is 1. The summed E-state index contributed by atoms with van der Waals surface area (Å²) in [5.74, 6) is 1.46. The van der Waals surface area contributed by atoms with Gasteiger partial charge in [-0.15, -0.1) is 0 Å². The SMILES string of the molecule is COc1cccc(C#N)c1NCc1cccc(C2CC2)c1. The summed E-state index contributed by atoms with van der Waals surface area (Å²) in [7, 11) is 1.62. The van der Waals surface area contributed by atoms with Gasteiger partial charge in [0.05, 0.1) is 18.4 Å². The van der Waals surface area contributed by atoms with E-state index < -0.39 is 0 Å². The minimum atomic E-state index is 0.604. The summed E-state index contributed by atoms with van der Waals surface area (Å²) >= 11 is 0. The Morgan fingerprint density at radius 1 is 1.24 bits per heavy atom. The average molecular weight is 278 g/mol. The molecule has 0 bridgehead atoms. The molecule has 1 fully saturated rings. The van der Waals surface area contributed by atoms with Gasteiger partial charge in [-0.3, -0.25) is 0 Å². The van der Waals surface area contributed by atoms with Crippen LogP contribution in [0.2, 0.25) is 0 Å². The van der Waals surface area contributed by atoms with Gasteiger partial charge < -0.3 is 10.1 Å². The first kappa shape index (κ1) is 13.5. The van der Waals surface area contributed by atoms with Crippen molar-refractivity contribution in [1.29, 1.82) is 5.26 Å². The predicted octanol–water partition coefficient (Wildman–Crippen LogP) is 4.06. The second-order valence-corrected chi connectivity index (χ2v) is 5.37. The van der Waals surface area contributed by atoms with E-state index in [1.54, 1.807) is 13.2 Å². The summed E-state index contributed by atoms with van der Waals surface area (Å²) in [5.41, 5.74) is 4.02. The molecule has 0 aromatic heterocycles. The van der Waals surface area contributed by atoms with Crippen LogP contribution >= 0.6 is 0 Å². The number of ether oxygens (including phenoxy) is 1. The number of para-hydroxylation sites is 1. The minimum absolute atomic E-state index is 0.604. The molecule has 2 aromatic rings. The molecular weight excluding hydrogens is 260 g/mol. The van der Waals surface area contributed by atoms with Gasteiger partial charge in [0, 0.05) is 6.54 Å². The van der Waals surface area contributed by atoms with Crippen molar-refractivity contribution in [2.24, 2.45) is 0 Å². The van der Waals surface area contributed by atoms with Crippen molar-refractivity contribution in [1.82, 2.24) is 0 Å². The third-order valence-corrected chi connectivity index (χ3v) is 3.84. The summed E-state index contributed by atoms with van der Waals surface area (Å²) in [6.45, 7) is 0.690. The number of rotatable bonds is 5. The lowest BCUT2D eigenvalue weighted by molar-refractivity contribution is 0.416. The van der Waals surface area contributed by atoms with E-state index in [0.717, 1.165) is 11.6 Å². The maximum absolute atomic E-state index is 9.22. The van der Waals surface area contributed by atoms with Crippen LogP contribution in [0.5, 0.6) is 5.75 Å². The van der Waals surface area contributed by atoms with Crippen molar-refractivity contribution in [2.75, 3.05) is 12.4 Å². The molecule has 0 amide bonds. The molecule has 3 rings (SSSR count). The quantitative estimate of drug-likeness (QED) is 0.897. The van der Waals surface area contributed by atoms with E-state index in [1.807, 2.05) is 12.1 Å². The number of hydrogen-bond acceptors (Lipinski definition) is 3. The fourth-order valence-electron chi connectivity index (χ4n) is 2.54. The molecule has 106 valence electrons. The van der Waals surface area contributed by atoms with Crippen LogP contribution in [0.4, 0.5) is 5.69 Å². The molecule has 1 N–H and O–H groups in total. The molecule has 0 unspecified atom stereocenters. The van der Waals surface area contributed by atoms with E-state index in [2.05, 4.69) is 35.7 Å². The highest BCUT2D eigenvalue weighted by atomic mass is 16.5. The number of nitrogens with one attached hydrogen (secondary N) is 1. The Kier molecular flexibility index (Phi) is 3.79. The highest BCUT2D eigenvalue weighted by Gasteiger charge is 2.23. The molecule has 21 heavy (non-hydrogen) atoms. The molecule has 0 spiro atoms. The third kappa shape index (κ3) is 3.00. The Morgan fingerprint density at radius 2 is 2.05 bits per heavy atom. The van der Waals surface area contributed by atoms with E-state index in [9.17, 15) is 5.26 Å². The van der Waals surface area contributed by atoms with Crippen LogP contribution in [-0.4, -0.2) is 7.11 Å². The molecule has 1 saturated carbocycles. The van der Waals surface area contributed by atoms with Crippen molar-refractivity contribution >= 4 is 5.69 Å². The number of hydrogen-bond donors (Lipinski definition) is 1. The van der Waals surface area contributed by atoms with Gasteiger partial charge in [-0.25, -0.2) is 0 Å². The Morgan fingerprint density at radius 3 is 2.76 bits per heavy atom. The minimum Gasteiger partial charge on any atom is -0.495 e. The second-order valence-electron chi connectivity index (χ2n) is 5.37. The highest BCUT2D eigenvalue weighted by molar-refractivity contribution is 5.66. The molecule has 0 aliphatic heterocycles. The van der Waals surface area contributed by atoms with Gasteiger partial charge in [0.2, 0.25) is 0 Å². The van der Waals surface area contributed by atoms with Crippen LogP contribution in [0.25, 0.3) is 0 Å². The van der Waals surface area contributed by atoms with Gasteiger partial charge in [-0.05, 0) is 42.0 Å². The Hall–Kier alpha value is -2.47. The van der Waals surface area contributed by atoms with E-state index in [0.29, 0.717) is 17.9 Å². The lowest BCUT2D eigenvalue weighted by Gasteiger charge is -2.13. The Labute approximate surface area is 125 Å². The fraction of sp³-hybridized carbons (Fsp3) is 0.278. The van der Waals surface area contributed by atoms with Gasteiger partial charge >= 0.3 is 0 Å². The van der Waals surface area contributed by atoms with Crippen LogP contribution in [0.3, 0.4) is 0 Å². The van der Waals surface area contributed by atoms with E-state index in [-0.39, 0.29) is 0 Å². The van der Waals surface area contributed by atoms with Gasteiger partial charge in [0.1, 0.15) is 11.8 Å². The monoisotopic (exact) mass is 278 g/mol. The molecule has 1 aliphatic carbocycles. The van der Waals surface area contributed by atoms with Gasteiger partial charge in [0.15, 0.2) is 0 Å². The zero-order valence-electron chi connectivity index (χ0n) is 12.1. The maximum atomic E-state index is 9.22. The van der Waals surface area contributed by atoms with Crippen LogP contribution in [-0.2, 0) is 6.54 Å². The van der Waals surface area contributed by atoms with E-state index in [1.165, 1.54) is 24.0 Å². The summed E-state index contributed by atoms with van der Waals surface area (Å²) in [5, 5.41) is 12.6. The lowest BCUT2D eigenvalue weighted by Crippen LogP contribution is -2.03. The maximum Gasteiger partial charge on any atom is 0.143 e.